The molecule has 1 heterocycles. The molecule has 0 radical (unpaired) electrons. The number of amides is 1. The zero-order chi connectivity index (χ0) is 15.1. The van der Waals surface area contributed by atoms with Gasteiger partial charge in [0.25, 0.3) is 0 Å². The van der Waals surface area contributed by atoms with Crippen molar-refractivity contribution in [1.29, 1.82) is 0 Å². The summed E-state index contributed by atoms with van der Waals surface area (Å²) in [6.45, 7) is 1.21. The van der Waals surface area contributed by atoms with E-state index in [1.54, 1.807) is 6.07 Å². The Morgan fingerprint density at radius 1 is 1.29 bits per heavy atom. The highest BCUT2D eigenvalue weighted by Crippen LogP contribution is 2.17. The van der Waals surface area contributed by atoms with Crippen molar-refractivity contribution in [3.63, 3.8) is 0 Å². The average molecular weight is 289 g/mol. The van der Waals surface area contributed by atoms with Crippen LogP contribution in [0.2, 0.25) is 0 Å². The fourth-order valence-corrected chi connectivity index (χ4v) is 2.43. The summed E-state index contributed by atoms with van der Waals surface area (Å²) in [6, 6.07) is 4.48. The molecule has 1 N–H and O–H groups in total. The maximum atomic E-state index is 13.4. The lowest BCUT2D eigenvalue weighted by Gasteiger charge is -2.21. The van der Waals surface area contributed by atoms with Gasteiger partial charge in [0, 0.05) is 31.5 Å². The van der Waals surface area contributed by atoms with Gasteiger partial charge in [0.15, 0.2) is 0 Å². The fraction of sp³-hybridized carbons (Fsp3) is 0.471. The predicted octanol–water partition coefficient (Wildman–Crippen LogP) is 2.46. The lowest BCUT2D eigenvalue weighted by atomic mass is 10.1. The Hall–Kier alpha value is -1.86. The van der Waals surface area contributed by atoms with Gasteiger partial charge in [-0.25, -0.2) is 4.39 Å². The van der Waals surface area contributed by atoms with Gasteiger partial charge in [-0.3, -0.25) is 4.79 Å². The van der Waals surface area contributed by atoms with E-state index in [1.165, 1.54) is 12.1 Å². The first-order valence-electron chi connectivity index (χ1n) is 7.36. The van der Waals surface area contributed by atoms with E-state index in [0.717, 1.165) is 31.4 Å². The topological polar surface area (TPSA) is 40.5 Å². The SMILES string of the molecule is O=C1CCCCCN1Cc1ccc(F)cc1C#CCCO. The summed E-state index contributed by atoms with van der Waals surface area (Å²) >= 11 is 0. The van der Waals surface area contributed by atoms with Gasteiger partial charge in [0.05, 0.1) is 6.61 Å². The Morgan fingerprint density at radius 2 is 2.14 bits per heavy atom. The van der Waals surface area contributed by atoms with Crippen LogP contribution in [-0.2, 0) is 11.3 Å². The van der Waals surface area contributed by atoms with Gasteiger partial charge in [-0.05, 0) is 30.5 Å². The minimum Gasteiger partial charge on any atom is -0.395 e. The molecule has 0 unspecified atom stereocenters. The van der Waals surface area contributed by atoms with Crippen LogP contribution < -0.4 is 0 Å². The molecule has 1 aliphatic rings. The standard InChI is InChI=1S/C17H20FNO2/c18-16-9-8-15(14(12-16)6-3-5-11-20)13-19-10-4-1-2-7-17(19)21/h8-9,12,20H,1-2,4-5,7,10-11,13H2. The lowest BCUT2D eigenvalue weighted by Crippen LogP contribution is -2.30. The smallest absolute Gasteiger partial charge is 0.222 e. The van der Waals surface area contributed by atoms with Crippen LogP contribution in [0.25, 0.3) is 0 Å². The number of hydrogen-bond donors (Lipinski definition) is 1. The van der Waals surface area contributed by atoms with Crippen molar-refractivity contribution in [2.75, 3.05) is 13.2 Å². The van der Waals surface area contributed by atoms with Gasteiger partial charge in [-0.1, -0.05) is 24.3 Å². The molecule has 1 fully saturated rings. The zero-order valence-corrected chi connectivity index (χ0v) is 12.1. The lowest BCUT2D eigenvalue weighted by molar-refractivity contribution is -0.131. The number of likely N-dealkylation sites (tertiary alicyclic amines) is 1. The number of rotatable bonds is 3. The minimum absolute atomic E-state index is 0.0116. The van der Waals surface area contributed by atoms with Gasteiger partial charge in [0.2, 0.25) is 5.91 Å². The van der Waals surface area contributed by atoms with E-state index >= 15 is 0 Å². The Morgan fingerprint density at radius 3 is 2.95 bits per heavy atom. The molecule has 0 aliphatic carbocycles. The molecule has 4 heteroatoms. The molecule has 2 rings (SSSR count). The first-order chi connectivity index (χ1) is 10.2. The van der Waals surface area contributed by atoms with E-state index in [2.05, 4.69) is 11.8 Å². The van der Waals surface area contributed by atoms with Gasteiger partial charge in [-0.15, -0.1) is 0 Å². The van der Waals surface area contributed by atoms with Crippen molar-refractivity contribution >= 4 is 5.91 Å². The van der Waals surface area contributed by atoms with Crippen LogP contribution in [0.5, 0.6) is 0 Å². The summed E-state index contributed by atoms with van der Waals surface area (Å²) < 4.78 is 13.4. The van der Waals surface area contributed by atoms with Crippen molar-refractivity contribution < 1.29 is 14.3 Å². The summed E-state index contributed by atoms with van der Waals surface area (Å²) in [5, 5.41) is 8.77. The summed E-state index contributed by atoms with van der Waals surface area (Å²) in [4.78, 5) is 13.9. The van der Waals surface area contributed by atoms with Crippen molar-refractivity contribution in [2.45, 2.75) is 38.6 Å². The third-order valence-corrected chi connectivity index (χ3v) is 3.56. The highest BCUT2D eigenvalue weighted by atomic mass is 19.1. The molecule has 1 aromatic carbocycles. The number of hydrogen-bond acceptors (Lipinski definition) is 2. The monoisotopic (exact) mass is 289 g/mol. The number of benzene rings is 1. The van der Waals surface area contributed by atoms with E-state index in [1.807, 2.05) is 4.90 Å². The third kappa shape index (κ3) is 4.57. The highest BCUT2D eigenvalue weighted by molar-refractivity contribution is 5.76. The molecule has 0 spiro atoms. The summed E-state index contributed by atoms with van der Waals surface area (Å²) in [7, 11) is 0. The Bertz CT molecular complexity index is 560. The van der Waals surface area contributed by atoms with Crippen molar-refractivity contribution in [2.24, 2.45) is 0 Å². The zero-order valence-electron chi connectivity index (χ0n) is 12.1. The maximum Gasteiger partial charge on any atom is 0.222 e. The van der Waals surface area contributed by atoms with Crippen LogP contribution in [0.3, 0.4) is 0 Å². The fourth-order valence-electron chi connectivity index (χ4n) is 2.43. The van der Waals surface area contributed by atoms with Crippen molar-refractivity contribution in [3.8, 4) is 11.8 Å². The molecular weight excluding hydrogens is 269 g/mol. The van der Waals surface area contributed by atoms with Crippen molar-refractivity contribution in [1.82, 2.24) is 4.90 Å². The normalized spacial score (nSPS) is 15.3. The largest absolute Gasteiger partial charge is 0.395 e. The molecule has 21 heavy (non-hydrogen) atoms. The Labute approximate surface area is 124 Å². The van der Waals surface area contributed by atoms with Crippen LogP contribution in [0.1, 0.15) is 43.2 Å². The van der Waals surface area contributed by atoms with Crippen LogP contribution in [0.4, 0.5) is 4.39 Å². The van der Waals surface area contributed by atoms with Gasteiger partial charge >= 0.3 is 0 Å². The van der Waals surface area contributed by atoms with E-state index < -0.39 is 0 Å². The number of aliphatic hydroxyl groups excluding tert-OH is 1. The molecule has 0 aromatic heterocycles. The number of aliphatic hydroxyl groups is 1. The van der Waals surface area contributed by atoms with Crippen molar-refractivity contribution in [3.05, 3.63) is 35.1 Å². The molecule has 0 atom stereocenters. The Balaban J connectivity index is 2.18. The van der Waals surface area contributed by atoms with E-state index in [4.69, 9.17) is 5.11 Å². The predicted molar refractivity (Wildman–Crippen MR) is 78.9 cm³/mol. The maximum absolute atomic E-state index is 13.4. The number of carbonyl (C=O) groups is 1. The first kappa shape index (κ1) is 15.5. The quantitative estimate of drug-likeness (QED) is 0.868. The summed E-state index contributed by atoms with van der Waals surface area (Å²) in [5.41, 5.74) is 1.46. The molecule has 0 saturated carbocycles. The summed E-state index contributed by atoms with van der Waals surface area (Å²) in [5.74, 6) is 5.52. The third-order valence-electron chi connectivity index (χ3n) is 3.56. The second-order valence-electron chi connectivity index (χ2n) is 5.20. The van der Waals surface area contributed by atoms with Crippen LogP contribution >= 0.6 is 0 Å². The second-order valence-corrected chi connectivity index (χ2v) is 5.20. The van der Waals surface area contributed by atoms with Crippen LogP contribution in [0, 0.1) is 17.7 Å². The number of halogens is 1. The first-order valence-corrected chi connectivity index (χ1v) is 7.36. The average Bonchev–Trinajstić information content (AvgIpc) is 2.67. The van der Waals surface area contributed by atoms with Crippen LogP contribution in [0.15, 0.2) is 18.2 Å². The highest BCUT2D eigenvalue weighted by Gasteiger charge is 2.17. The van der Waals surface area contributed by atoms with Gasteiger partial charge < -0.3 is 10.0 Å². The molecule has 112 valence electrons. The summed E-state index contributed by atoms with van der Waals surface area (Å²) in [6.07, 6.45) is 3.99. The van der Waals surface area contributed by atoms with Crippen LogP contribution in [-0.4, -0.2) is 29.1 Å². The van der Waals surface area contributed by atoms with Gasteiger partial charge in [0.1, 0.15) is 5.82 Å². The molecule has 1 aromatic rings. The number of carbonyl (C=O) groups excluding carboxylic acids is 1. The molecule has 3 nitrogen and oxygen atoms in total. The van der Waals surface area contributed by atoms with E-state index in [9.17, 15) is 9.18 Å². The molecule has 1 aliphatic heterocycles. The molecule has 1 amide bonds. The molecular formula is C17H20FNO2. The van der Waals surface area contributed by atoms with Gasteiger partial charge in [-0.2, -0.15) is 0 Å². The minimum atomic E-state index is -0.339. The molecule has 1 saturated heterocycles. The van der Waals surface area contributed by atoms with E-state index in [0.29, 0.717) is 24.9 Å². The molecule has 0 bridgehead atoms. The number of nitrogens with zero attached hydrogens (tertiary/aromatic N) is 1. The Kier molecular flexibility index (Phi) is 5.77. The second kappa shape index (κ2) is 7.80. The van der Waals surface area contributed by atoms with E-state index in [-0.39, 0.29) is 18.3 Å².